The average molecular weight is 349 g/mol. The van der Waals surface area contributed by atoms with Crippen molar-refractivity contribution >= 4 is 18.2 Å². The molecule has 1 aliphatic carbocycles. The van der Waals surface area contributed by atoms with Crippen LogP contribution in [0.2, 0.25) is 0 Å². The first-order chi connectivity index (χ1) is 11.8. The normalized spacial score (nSPS) is 20.9. The Bertz CT molecular complexity index is 603. The van der Waals surface area contributed by atoms with E-state index in [0.717, 1.165) is 0 Å². The van der Waals surface area contributed by atoms with E-state index in [9.17, 15) is 14.7 Å². The Kier molecular flexibility index (Phi) is 7.87. The van der Waals surface area contributed by atoms with E-state index >= 15 is 0 Å². The minimum absolute atomic E-state index is 0.0590. The second-order valence-electron chi connectivity index (χ2n) is 6.19. The molecule has 8 heteroatoms. The number of allylic oxidation sites excluding steroid dienone is 1. The Balaban J connectivity index is 3.02. The first-order valence-electron chi connectivity index (χ1n) is 8.09. The van der Waals surface area contributed by atoms with Crippen molar-refractivity contribution < 1.29 is 14.7 Å². The zero-order chi connectivity index (χ0) is 19.0. The third kappa shape index (κ3) is 6.42. The van der Waals surface area contributed by atoms with Gasteiger partial charge in [-0.2, -0.15) is 0 Å². The summed E-state index contributed by atoms with van der Waals surface area (Å²) in [7, 11) is 0. The van der Waals surface area contributed by atoms with Crippen LogP contribution in [0.5, 0.6) is 0 Å². The summed E-state index contributed by atoms with van der Waals surface area (Å²) in [4.78, 5) is 26.9. The molecule has 0 saturated heterocycles. The first kappa shape index (κ1) is 20.4. The first-order valence-corrected chi connectivity index (χ1v) is 8.09. The SMILES string of the molecule is C=C(/N=C(N[C@H]1C=C[C@@H](CO)C1)\C(NC=O)=C(\C)N)NC(=O)C(C)C. The predicted octanol–water partition coefficient (Wildman–Crippen LogP) is 0.0911. The van der Waals surface area contributed by atoms with Gasteiger partial charge >= 0.3 is 0 Å². The fourth-order valence-electron chi connectivity index (χ4n) is 2.23. The number of carbonyl (C=O) groups excluding carboxylic acids is 2. The van der Waals surface area contributed by atoms with Crippen LogP contribution < -0.4 is 21.7 Å². The van der Waals surface area contributed by atoms with Crippen molar-refractivity contribution in [1.82, 2.24) is 16.0 Å². The third-order valence-electron chi connectivity index (χ3n) is 3.60. The molecule has 0 aromatic carbocycles. The number of aliphatic hydroxyl groups excluding tert-OH is 1. The summed E-state index contributed by atoms with van der Waals surface area (Å²) in [5.74, 6) is 0.0501. The molecule has 1 rings (SSSR count). The van der Waals surface area contributed by atoms with Crippen molar-refractivity contribution in [2.45, 2.75) is 33.2 Å². The lowest BCUT2D eigenvalue weighted by Crippen LogP contribution is -2.40. The van der Waals surface area contributed by atoms with Gasteiger partial charge < -0.3 is 26.8 Å². The van der Waals surface area contributed by atoms with Crippen LogP contribution in [0.4, 0.5) is 0 Å². The molecular formula is C17H27N5O3. The molecule has 0 aromatic rings. The van der Waals surface area contributed by atoms with E-state index in [2.05, 4.69) is 27.5 Å². The number of nitrogens with zero attached hydrogens (tertiary/aromatic N) is 1. The van der Waals surface area contributed by atoms with Crippen LogP contribution in [-0.4, -0.2) is 35.9 Å². The lowest BCUT2D eigenvalue weighted by Gasteiger charge is -2.19. The largest absolute Gasteiger partial charge is 0.400 e. The number of rotatable bonds is 8. The molecular weight excluding hydrogens is 322 g/mol. The number of amidine groups is 1. The van der Waals surface area contributed by atoms with E-state index < -0.39 is 0 Å². The number of carbonyl (C=O) groups is 2. The quantitative estimate of drug-likeness (QED) is 0.184. The lowest BCUT2D eigenvalue weighted by molar-refractivity contribution is -0.123. The van der Waals surface area contributed by atoms with Gasteiger partial charge in [-0.1, -0.05) is 32.6 Å². The molecule has 0 aromatic heterocycles. The molecule has 0 spiro atoms. The summed E-state index contributed by atoms with van der Waals surface area (Å²) < 4.78 is 0. The van der Waals surface area contributed by atoms with Gasteiger partial charge in [-0.15, -0.1) is 0 Å². The highest BCUT2D eigenvalue weighted by atomic mass is 16.3. The maximum Gasteiger partial charge on any atom is 0.228 e. The second-order valence-corrected chi connectivity index (χ2v) is 6.19. The number of amides is 2. The van der Waals surface area contributed by atoms with Crippen LogP contribution in [0.1, 0.15) is 27.2 Å². The number of hydrogen-bond acceptors (Lipinski definition) is 5. The smallest absolute Gasteiger partial charge is 0.228 e. The van der Waals surface area contributed by atoms with Gasteiger partial charge in [0, 0.05) is 30.2 Å². The summed E-state index contributed by atoms with van der Waals surface area (Å²) >= 11 is 0. The van der Waals surface area contributed by atoms with Crippen LogP contribution in [0.3, 0.4) is 0 Å². The lowest BCUT2D eigenvalue weighted by atomic mass is 10.1. The predicted molar refractivity (Wildman–Crippen MR) is 96.9 cm³/mol. The second kappa shape index (κ2) is 9.63. The van der Waals surface area contributed by atoms with Gasteiger partial charge in [-0.05, 0) is 13.3 Å². The zero-order valence-electron chi connectivity index (χ0n) is 14.9. The zero-order valence-corrected chi connectivity index (χ0v) is 14.9. The standard InChI is InChI=1S/C17H27N5O3/c1-10(2)17(25)21-12(4)20-16(15(11(3)18)19-9-24)22-14-6-5-13(7-14)8-23/h5-6,9-10,13-14,23H,4,7-8,18H2,1-3H3,(H,19,24)(H,20,22)(H,21,25)/b15-11+/t13-,14+/m1/s1. The van der Waals surface area contributed by atoms with E-state index in [1.807, 2.05) is 12.2 Å². The molecule has 0 heterocycles. The molecule has 6 N–H and O–H groups in total. The van der Waals surface area contributed by atoms with Gasteiger partial charge in [0.1, 0.15) is 11.5 Å². The number of nitrogens with two attached hydrogens (primary N) is 1. The summed E-state index contributed by atoms with van der Waals surface area (Å²) in [5.41, 5.74) is 6.49. The summed E-state index contributed by atoms with van der Waals surface area (Å²) in [6.07, 6.45) is 5.00. The molecule has 2 atom stereocenters. The van der Waals surface area contributed by atoms with Crippen LogP contribution in [-0.2, 0) is 9.59 Å². The maximum atomic E-state index is 11.8. The van der Waals surface area contributed by atoms with Gasteiger partial charge in [0.25, 0.3) is 0 Å². The van der Waals surface area contributed by atoms with E-state index in [4.69, 9.17) is 5.73 Å². The van der Waals surface area contributed by atoms with Crippen molar-refractivity contribution in [3.05, 3.63) is 35.9 Å². The summed E-state index contributed by atoms with van der Waals surface area (Å²) in [6.45, 7) is 8.93. The summed E-state index contributed by atoms with van der Waals surface area (Å²) in [6, 6.07) is -0.0905. The number of nitrogens with one attached hydrogen (secondary N) is 3. The van der Waals surface area contributed by atoms with Crippen molar-refractivity contribution in [1.29, 1.82) is 0 Å². The van der Waals surface area contributed by atoms with Gasteiger partial charge in [-0.25, -0.2) is 4.99 Å². The van der Waals surface area contributed by atoms with Crippen LogP contribution in [0.15, 0.2) is 40.9 Å². The summed E-state index contributed by atoms with van der Waals surface area (Å²) in [5, 5.41) is 17.5. The Morgan fingerprint density at radius 2 is 2.16 bits per heavy atom. The minimum atomic E-state index is -0.217. The fraction of sp³-hybridized carbons (Fsp3) is 0.471. The molecule has 0 aliphatic heterocycles. The van der Waals surface area contributed by atoms with E-state index in [1.54, 1.807) is 20.8 Å². The molecule has 138 valence electrons. The van der Waals surface area contributed by atoms with Crippen molar-refractivity contribution in [2.24, 2.45) is 22.6 Å². The average Bonchev–Trinajstić information content (AvgIpc) is 2.99. The molecule has 0 fully saturated rings. The van der Waals surface area contributed by atoms with E-state index in [1.165, 1.54) is 0 Å². The minimum Gasteiger partial charge on any atom is -0.400 e. The Morgan fingerprint density at radius 1 is 1.48 bits per heavy atom. The van der Waals surface area contributed by atoms with E-state index in [-0.39, 0.29) is 42.0 Å². The molecule has 1 aliphatic rings. The third-order valence-corrected chi connectivity index (χ3v) is 3.60. The number of aliphatic imine (C=N–C) groups is 1. The van der Waals surface area contributed by atoms with Crippen molar-refractivity contribution in [3.63, 3.8) is 0 Å². The van der Waals surface area contributed by atoms with E-state index in [0.29, 0.717) is 24.2 Å². The van der Waals surface area contributed by atoms with Crippen LogP contribution >= 0.6 is 0 Å². The Morgan fingerprint density at radius 3 is 2.64 bits per heavy atom. The molecule has 0 saturated carbocycles. The highest BCUT2D eigenvalue weighted by molar-refractivity contribution is 6.01. The Hall–Kier alpha value is -2.61. The fourth-order valence-corrected chi connectivity index (χ4v) is 2.23. The van der Waals surface area contributed by atoms with Gasteiger partial charge in [0.05, 0.1) is 0 Å². The monoisotopic (exact) mass is 349 g/mol. The van der Waals surface area contributed by atoms with Gasteiger partial charge in [0.2, 0.25) is 12.3 Å². The van der Waals surface area contributed by atoms with Crippen molar-refractivity contribution in [2.75, 3.05) is 6.61 Å². The van der Waals surface area contributed by atoms with Crippen molar-refractivity contribution in [3.8, 4) is 0 Å². The van der Waals surface area contributed by atoms with Crippen LogP contribution in [0.25, 0.3) is 0 Å². The number of aliphatic hydroxyl groups is 1. The molecule has 2 amide bonds. The molecule has 0 bridgehead atoms. The van der Waals surface area contributed by atoms with Gasteiger partial charge in [0.15, 0.2) is 5.84 Å². The molecule has 25 heavy (non-hydrogen) atoms. The Labute approximate surface area is 148 Å². The molecule has 0 unspecified atom stereocenters. The topological polar surface area (TPSA) is 129 Å². The molecule has 8 nitrogen and oxygen atoms in total. The maximum absolute atomic E-state index is 11.8. The highest BCUT2D eigenvalue weighted by Gasteiger charge is 2.21. The van der Waals surface area contributed by atoms with Gasteiger partial charge in [-0.3, -0.25) is 9.59 Å². The number of hydrogen-bond donors (Lipinski definition) is 5. The highest BCUT2D eigenvalue weighted by Crippen LogP contribution is 2.17. The van der Waals surface area contributed by atoms with Crippen LogP contribution in [0, 0.1) is 11.8 Å². The molecule has 0 radical (unpaired) electrons.